The zero-order valence-electron chi connectivity index (χ0n) is 9.94. The first-order valence-electron chi connectivity index (χ1n) is 5.47. The molecule has 106 valence electrons. The number of alkyl halides is 1. The lowest BCUT2D eigenvalue weighted by atomic mass is 10.4. The van der Waals surface area contributed by atoms with Crippen molar-refractivity contribution in [3.8, 4) is 0 Å². The minimum absolute atomic E-state index is 0.127. The van der Waals surface area contributed by atoms with Gasteiger partial charge in [-0.05, 0) is 24.6 Å². The van der Waals surface area contributed by atoms with Crippen LogP contribution in [0.4, 0.5) is 5.69 Å². The Kier molecular flexibility index (Phi) is 5.74. The van der Waals surface area contributed by atoms with E-state index in [1.807, 2.05) is 0 Å². The van der Waals surface area contributed by atoms with Gasteiger partial charge in [0.05, 0.1) is 9.95 Å². The molecule has 0 amide bonds. The fourth-order valence-corrected chi connectivity index (χ4v) is 5.04. The van der Waals surface area contributed by atoms with Gasteiger partial charge < -0.3 is 0 Å². The lowest BCUT2D eigenvalue weighted by Crippen LogP contribution is -1.86. The van der Waals surface area contributed by atoms with Crippen LogP contribution < -0.4 is 0 Å². The fourth-order valence-electron chi connectivity index (χ4n) is 1.49. The second-order valence-electron chi connectivity index (χ2n) is 3.76. The topological polar surface area (TPSA) is 43.1 Å². The first-order valence-corrected chi connectivity index (χ1v) is 8.98. The molecule has 0 atom stereocenters. The van der Waals surface area contributed by atoms with Crippen molar-refractivity contribution in [2.24, 2.45) is 0 Å². The lowest BCUT2D eigenvalue weighted by Gasteiger charge is -2.02. The van der Waals surface area contributed by atoms with Crippen molar-refractivity contribution in [3.05, 3.63) is 49.3 Å². The van der Waals surface area contributed by atoms with Crippen LogP contribution in [0.15, 0.2) is 33.4 Å². The molecule has 8 heteroatoms. The van der Waals surface area contributed by atoms with Gasteiger partial charge >= 0.3 is 0 Å². The van der Waals surface area contributed by atoms with Gasteiger partial charge in [-0.3, -0.25) is 10.1 Å². The summed E-state index contributed by atoms with van der Waals surface area (Å²) in [5.41, 5.74) is 0.127. The first kappa shape index (κ1) is 16.1. The van der Waals surface area contributed by atoms with E-state index in [9.17, 15) is 10.1 Å². The molecule has 2 aromatic rings. The summed E-state index contributed by atoms with van der Waals surface area (Å²) in [5, 5.41) is 12.9. The van der Waals surface area contributed by atoms with Gasteiger partial charge in [0.25, 0.3) is 5.69 Å². The molecule has 0 fully saturated rings. The number of aryl methyl sites for hydroxylation is 1. The molecule has 3 nitrogen and oxygen atoms in total. The van der Waals surface area contributed by atoms with Crippen molar-refractivity contribution in [2.75, 3.05) is 5.33 Å². The summed E-state index contributed by atoms with van der Waals surface area (Å²) in [6.07, 6.45) is 0.764. The van der Waals surface area contributed by atoms with Crippen molar-refractivity contribution in [3.63, 3.8) is 0 Å². The number of hydrogen-bond donors (Lipinski definition) is 0. The number of nitro groups is 1. The van der Waals surface area contributed by atoms with Gasteiger partial charge in [-0.25, -0.2) is 0 Å². The Bertz CT molecular complexity index is 648. The van der Waals surface area contributed by atoms with Crippen molar-refractivity contribution in [1.82, 2.24) is 0 Å². The normalized spacial score (nSPS) is 10.8. The van der Waals surface area contributed by atoms with Gasteiger partial charge in [0.2, 0.25) is 0 Å². The Morgan fingerprint density at radius 1 is 1.35 bits per heavy atom. The molecule has 2 rings (SSSR count). The predicted octanol–water partition coefficient (Wildman–Crippen LogP) is 6.05. The lowest BCUT2D eigenvalue weighted by molar-refractivity contribution is -0.387. The third kappa shape index (κ3) is 3.89. The molecule has 0 N–H and O–H groups in total. The fraction of sp³-hybridized carbons (Fsp3) is 0.167. The van der Waals surface area contributed by atoms with Gasteiger partial charge in [-0.15, -0.1) is 11.3 Å². The Labute approximate surface area is 142 Å². The Morgan fingerprint density at radius 3 is 2.70 bits per heavy atom. The smallest absolute Gasteiger partial charge is 0.258 e. The summed E-state index contributed by atoms with van der Waals surface area (Å²) in [7, 11) is 0. The average Bonchev–Trinajstić information content (AvgIpc) is 2.76. The van der Waals surface area contributed by atoms with E-state index in [4.69, 9.17) is 23.2 Å². The van der Waals surface area contributed by atoms with Crippen LogP contribution in [0, 0.1) is 10.1 Å². The van der Waals surface area contributed by atoms with Crippen LogP contribution in [0.5, 0.6) is 0 Å². The monoisotopic (exact) mass is 411 g/mol. The van der Waals surface area contributed by atoms with Crippen LogP contribution in [0.25, 0.3) is 0 Å². The van der Waals surface area contributed by atoms with E-state index < -0.39 is 0 Å². The summed E-state index contributed by atoms with van der Waals surface area (Å²) in [5.74, 6) is 0. The maximum atomic E-state index is 11.1. The molecule has 0 aliphatic rings. The van der Waals surface area contributed by atoms with Crippen LogP contribution in [0.3, 0.4) is 0 Å². The third-order valence-electron chi connectivity index (χ3n) is 2.36. The van der Waals surface area contributed by atoms with E-state index in [0.29, 0.717) is 14.3 Å². The highest BCUT2D eigenvalue weighted by Gasteiger charge is 2.20. The van der Waals surface area contributed by atoms with Crippen molar-refractivity contribution >= 4 is 67.9 Å². The molecule has 20 heavy (non-hydrogen) atoms. The number of hydrogen-bond acceptors (Lipinski definition) is 4. The Balaban J connectivity index is 2.34. The largest absolute Gasteiger partial charge is 0.294 e. The maximum absolute atomic E-state index is 11.1. The molecule has 0 radical (unpaired) electrons. The second-order valence-corrected chi connectivity index (χ2v) is 7.84. The summed E-state index contributed by atoms with van der Waals surface area (Å²) >= 11 is 18.0. The van der Waals surface area contributed by atoms with Crippen LogP contribution in [0.1, 0.15) is 4.88 Å². The molecule has 0 bridgehead atoms. The van der Waals surface area contributed by atoms with E-state index in [1.165, 1.54) is 23.1 Å². The summed E-state index contributed by atoms with van der Waals surface area (Å²) in [4.78, 5) is 12.5. The number of halogens is 3. The summed E-state index contributed by atoms with van der Waals surface area (Å²) < 4.78 is 0.634. The van der Waals surface area contributed by atoms with E-state index in [0.717, 1.165) is 21.5 Å². The van der Waals surface area contributed by atoms with Crippen LogP contribution >= 0.6 is 62.2 Å². The second kappa shape index (κ2) is 7.13. The van der Waals surface area contributed by atoms with Crippen molar-refractivity contribution in [1.29, 1.82) is 0 Å². The number of benzene rings is 1. The molecule has 1 aromatic heterocycles. The Morgan fingerprint density at radius 2 is 2.10 bits per heavy atom. The highest BCUT2D eigenvalue weighted by Crippen LogP contribution is 2.44. The van der Waals surface area contributed by atoms with E-state index in [1.54, 1.807) is 24.3 Å². The molecule has 0 saturated carbocycles. The standard InChI is InChI=1S/C12H8BrCl2NO2S2/c13-4-3-8-6-10(16(17)18)12(19-8)20-11-2-1-7(14)5-9(11)15/h1-2,5-6H,3-4H2. The average molecular weight is 413 g/mol. The zero-order valence-corrected chi connectivity index (χ0v) is 14.7. The van der Waals surface area contributed by atoms with Crippen molar-refractivity contribution < 1.29 is 4.92 Å². The molecule has 0 unspecified atom stereocenters. The van der Waals surface area contributed by atoms with E-state index in [2.05, 4.69) is 15.9 Å². The van der Waals surface area contributed by atoms with Gasteiger partial charge in [-0.1, -0.05) is 50.9 Å². The van der Waals surface area contributed by atoms with Crippen LogP contribution in [0.2, 0.25) is 10.0 Å². The SMILES string of the molecule is O=[N+]([O-])c1cc(CCBr)sc1Sc1ccc(Cl)cc1Cl. The summed E-state index contributed by atoms with van der Waals surface area (Å²) in [6, 6.07) is 6.74. The van der Waals surface area contributed by atoms with Gasteiger partial charge in [-0.2, -0.15) is 0 Å². The van der Waals surface area contributed by atoms with Crippen molar-refractivity contribution in [2.45, 2.75) is 15.5 Å². The van der Waals surface area contributed by atoms with E-state index in [-0.39, 0.29) is 10.6 Å². The number of thiophene rings is 1. The van der Waals surface area contributed by atoms with Crippen LogP contribution in [-0.4, -0.2) is 10.3 Å². The highest BCUT2D eigenvalue weighted by atomic mass is 79.9. The first-order chi connectivity index (χ1) is 9.51. The minimum Gasteiger partial charge on any atom is -0.258 e. The highest BCUT2D eigenvalue weighted by molar-refractivity contribution is 9.09. The van der Waals surface area contributed by atoms with Gasteiger partial charge in [0.15, 0.2) is 0 Å². The third-order valence-corrected chi connectivity index (χ3v) is 5.87. The predicted molar refractivity (Wildman–Crippen MR) is 89.1 cm³/mol. The number of rotatable bonds is 5. The Hall–Kier alpha value is -0.270. The van der Waals surface area contributed by atoms with Crippen LogP contribution in [-0.2, 0) is 6.42 Å². The minimum atomic E-state index is -0.361. The molecule has 0 saturated heterocycles. The molecule has 1 heterocycles. The zero-order chi connectivity index (χ0) is 14.7. The molecular weight excluding hydrogens is 405 g/mol. The molecular formula is C12H8BrCl2NO2S2. The van der Waals surface area contributed by atoms with E-state index >= 15 is 0 Å². The molecule has 0 aliphatic heterocycles. The molecule has 0 aliphatic carbocycles. The van der Waals surface area contributed by atoms with Gasteiger partial charge in [0, 0.05) is 26.2 Å². The number of nitrogens with zero attached hydrogens (tertiary/aromatic N) is 1. The van der Waals surface area contributed by atoms with Gasteiger partial charge in [0.1, 0.15) is 4.21 Å². The summed E-state index contributed by atoms with van der Waals surface area (Å²) in [6.45, 7) is 0. The molecule has 1 aromatic carbocycles. The quantitative estimate of drug-likeness (QED) is 0.341. The molecule has 0 spiro atoms. The maximum Gasteiger partial charge on any atom is 0.294 e.